The van der Waals surface area contributed by atoms with Crippen LogP contribution in [0.2, 0.25) is 0 Å². The number of aromatic nitrogens is 3. The van der Waals surface area contributed by atoms with Crippen LogP contribution in [-0.4, -0.2) is 39.7 Å². The van der Waals surface area contributed by atoms with E-state index in [1.807, 2.05) is 73.0 Å². The third kappa shape index (κ3) is 4.54. The lowest BCUT2D eigenvalue weighted by Gasteiger charge is -2.13. The summed E-state index contributed by atoms with van der Waals surface area (Å²) in [5.74, 6) is 1.17. The van der Waals surface area contributed by atoms with Gasteiger partial charge in [-0.1, -0.05) is 49.0 Å². The van der Waals surface area contributed by atoms with Crippen molar-refractivity contribution in [3.8, 4) is 22.8 Å². The Morgan fingerprint density at radius 1 is 1.14 bits per heavy atom. The highest BCUT2D eigenvalue weighted by molar-refractivity contribution is 8.00. The van der Waals surface area contributed by atoms with Gasteiger partial charge in [-0.25, -0.2) is 0 Å². The molecule has 0 amide bonds. The van der Waals surface area contributed by atoms with E-state index in [9.17, 15) is 4.79 Å². The maximum atomic E-state index is 12.2. The van der Waals surface area contributed by atoms with E-state index in [1.54, 1.807) is 7.11 Å². The van der Waals surface area contributed by atoms with Crippen molar-refractivity contribution in [1.29, 1.82) is 0 Å². The molecular formula is C21H23N3O3S. The minimum atomic E-state index is -0.392. The Morgan fingerprint density at radius 3 is 2.64 bits per heavy atom. The highest BCUT2D eigenvalue weighted by Crippen LogP contribution is 2.31. The smallest absolute Gasteiger partial charge is 0.319 e. The van der Waals surface area contributed by atoms with Gasteiger partial charge in [0.2, 0.25) is 0 Å². The fourth-order valence-corrected chi connectivity index (χ4v) is 3.50. The van der Waals surface area contributed by atoms with Crippen molar-refractivity contribution >= 4 is 17.7 Å². The highest BCUT2D eigenvalue weighted by atomic mass is 32.2. The number of hydrogen-bond donors (Lipinski definition) is 0. The van der Waals surface area contributed by atoms with Gasteiger partial charge in [-0.15, -0.1) is 10.2 Å². The normalized spacial score (nSPS) is 11.8. The second-order valence-electron chi connectivity index (χ2n) is 6.14. The van der Waals surface area contributed by atoms with Crippen molar-refractivity contribution in [2.45, 2.75) is 30.7 Å². The van der Waals surface area contributed by atoms with Gasteiger partial charge in [0.15, 0.2) is 11.0 Å². The molecule has 146 valence electrons. The van der Waals surface area contributed by atoms with Crippen molar-refractivity contribution in [3.63, 3.8) is 0 Å². The molecule has 0 spiro atoms. The molecule has 2 aromatic carbocycles. The number of carbonyl (C=O) groups excluding carboxylic acids is 1. The summed E-state index contributed by atoms with van der Waals surface area (Å²) < 4.78 is 12.5. The first-order valence-corrected chi connectivity index (χ1v) is 10.0. The fourth-order valence-electron chi connectivity index (χ4n) is 2.63. The number of carbonyl (C=O) groups is 1. The molecular weight excluding hydrogens is 374 g/mol. The van der Waals surface area contributed by atoms with Crippen LogP contribution in [0.4, 0.5) is 0 Å². The number of nitrogens with zero attached hydrogens (tertiary/aromatic N) is 3. The summed E-state index contributed by atoms with van der Waals surface area (Å²) in [6, 6.07) is 17.5. The summed E-state index contributed by atoms with van der Waals surface area (Å²) in [5, 5.41) is 8.99. The van der Waals surface area contributed by atoms with E-state index in [0.717, 1.165) is 23.4 Å². The van der Waals surface area contributed by atoms with Crippen molar-refractivity contribution in [2.75, 3.05) is 13.7 Å². The average molecular weight is 398 g/mol. The van der Waals surface area contributed by atoms with Crippen LogP contribution in [0, 0.1) is 0 Å². The van der Waals surface area contributed by atoms with Gasteiger partial charge < -0.3 is 9.47 Å². The number of benzene rings is 2. The maximum absolute atomic E-state index is 12.2. The predicted octanol–water partition coefficient (Wildman–Crippen LogP) is 4.38. The molecule has 7 heteroatoms. The van der Waals surface area contributed by atoms with Gasteiger partial charge >= 0.3 is 5.97 Å². The quantitative estimate of drug-likeness (QED) is 0.415. The van der Waals surface area contributed by atoms with Gasteiger partial charge in [0.1, 0.15) is 11.0 Å². The predicted molar refractivity (Wildman–Crippen MR) is 110 cm³/mol. The molecule has 0 aliphatic carbocycles. The Hall–Kier alpha value is -2.80. The van der Waals surface area contributed by atoms with Crippen LogP contribution in [0.1, 0.15) is 20.3 Å². The molecule has 0 N–H and O–H groups in total. The van der Waals surface area contributed by atoms with Gasteiger partial charge in [0.25, 0.3) is 0 Å². The zero-order chi connectivity index (χ0) is 19.9. The molecule has 0 saturated heterocycles. The van der Waals surface area contributed by atoms with Crippen LogP contribution in [0.3, 0.4) is 0 Å². The second kappa shape index (κ2) is 9.41. The summed E-state index contributed by atoms with van der Waals surface area (Å²) in [6.07, 6.45) is 0.795. The standard InChI is InChI=1S/C21H23N3O3S/c1-4-13-27-20(25)15(2)28-21-23-22-19(16-9-8-12-18(14-16)26-3)24(21)17-10-6-5-7-11-17/h5-12,14-15H,4,13H2,1-3H3. The van der Waals surface area contributed by atoms with Gasteiger partial charge in [-0.2, -0.15) is 0 Å². The zero-order valence-corrected chi connectivity index (χ0v) is 17.0. The second-order valence-corrected chi connectivity index (χ2v) is 7.44. The third-order valence-corrected chi connectivity index (χ3v) is 5.06. The topological polar surface area (TPSA) is 66.2 Å². The summed E-state index contributed by atoms with van der Waals surface area (Å²) in [7, 11) is 1.63. The Balaban J connectivity index is 1.99. The van der Waals surface area contributed by atoms with E-state index in [0.29, 0.717) is 17.6 Å². The van der Waals surface area contributed by atoms with Gasteiger partial charge in [0, 0.05) is 11.3 Å². The lowest BCUT2D eigenvalue weighted by molar-refractivity contribution is -0.142. The number of methoxy groups -OCH3 is 1. The van der Waals surface area contributed by atoms with E-state index >= 15 is 0 Å². The van der Waals surface area contributed by atoms with Crippen LogP contribution in [0.15, 0.2) is 59.8 Å². The molecule has 3 rings (SSSR count). The van der Waals surface area contributed by atoms with Crippen molar-refractivity contribution in [3.05, 3.63) is 54.6 Å². The van der Waals surface area contributed by atoms with Crippen LogP contribution in [0.25, 0.3) is 17.1 Å². The molecule has 0 aliphatic rings. The minimum absolute atomic E-state index is 0.252. The van der Waals surface area contributed by atoms with Gasteiger partial charge in [-0.3, -0.25) is 9.36 Å². The number of esters is 1. The SMILES string of the molecule is CCCOC(=O)C(C)Sc1nnc(-c2cccc(OC)c2)n1-c1ccccc1. The number of thioether (sulfide) groups is 1. The molecule has 1 heterocycles. The number of rotatable bonds is 8. The Kier molecular flexibility index (Phi) is 6.71. The Labute approximate surface area is 168 Å². The molecule has 0 saturated carbocycles. The summed E-state index contributed by atoms with van der Waals surface area (Å²) >= 11 is 1.33. The molecule has 3 aromatic rings. The van der Waals surface area contributed by atoms with Crippen LogP contribution in [-0.2, 0) is 9.53 Å². The maximum Gasteiger partial charge on any atom is 0.319 e. The van der Waals surface area contributed by atoms with E-state index in [1.165, 1.54) is 11.8 Å². The Morgan fingerprint density at radius 2 is 1.93 bits per heavy atom. The van der Waals surface area contributed by atoms with E-state index in [-0.39, 0.29) is 5.97 Å². The Bertz CT molecular complexity index is 928. The molecule has 1 unspecified atom stereocenters. The van der Waals surface area contributed by atoms with Gasteiger partial charge in [0.05, 0.1) is 13.7 Å². The van der Waals surface area contributed by atoms with E-state index in [2.05, 4.69) is 10.2 Å². The summed E-state index contributed by atoms with van der Waals surface area (Å²) in [5.41, 5.74) is 1.80. The first-order valence-electron chi connectivity index (χ1n) is 9.12. The minimum Gasteiger partial charge on any atom is -0.497 e. The number of hydrogen-bond acceptors (Lipinski definition) is 6. The largest absolute Gasteiger partial charge is 0.497 e. The molecule has 0 fully saturated rings. The monoisotopic (exact) mass is 397 g/mol. The molecule has 0 bridgehead atoms. The van der Waals surface area contributed by atoms with E-state index in [4.69, 9.17) is 9.47 Å². The van der Waals surface area contributed by atoms with Crippen LogP contribution >= 0.6 is 11.8 Å². The number of ether oxygens (including phenoxy) is 2. The van der Waals surface area contributed by atoms with Gasteiger partial charge in [-0.05, 0) is 37.6 Å². The third-order valence-electron chi connectivity index (χ3n) is 4.04. The number of para-hydroxylation sites is 1. The molecule has 28 heavy (non-hydrogen) atoms. The van der Waals surface area contributed by atoms with Crippen molar-refractivity contribution in [2.24, 2.45) is 0 Å². The van der Waals surface area contributed by atoms with Crippen LogP contribution < -0.4 is 4.74 Å². The lowest BCUT2D eigenvalue weighted by atomic mass is 10.2. The van der Waals surface area contributed by atoms with Crippen molar-refractivity contribution < 1.29 is 14.3 Å². The average Bonchev–Trinajstić information content (AvgIpc) is 3.16. The fraction of sp³-hybridized carbons (Fsp3) is 0.286. The van der Waals surface area contributed by atoms with E-state index < -0.39 is 5.25 Å². The molecule has 0 aliphatic heterocycles. The molecule has 6 nitrogen and oxygen atoms in total. The van der Waals surface area contributed by atoms with Crippen LogP contribution in [0.5, 0.6) is 5.75 Å². The first kappa shape index (κ1) is 19.9. The lowest BCUT2D eigenvalue weighted by Crippen LogP contribution is -2.18. The van der Waals surface area contributed by atoms with Crippen molar-refractivity contribution in [1.82, 2.24) is 14.8 Å². The zero-order valence-electron chi connectivity index (χ0n) is 16.2. The first-order chi connectivity index (χ1) is 13.6. The molecule has 1 atom stereocenters. The summed E-state index contributed by atoms with van der Waals surface area (Å²) in [4.78, 5) is 12.2. The molecule has 0 radical (unpaired) electrons. The molecule has 1 aromatic heterocycles. The summed E-state index contributed by atoms with van der Waals surface area (Å²) in [6.45, 7) is 4.21. The highest BCUT2D eigenvalue weighted by Gasteiger charge is 2.22.